The molecule has 3 aromatic rings. The number of benzene rings is 2. The van der Waals surface area contributed by atoms with Crippen LogP contribution in [0.5, 0.6) is 5.75 Å². The summed E-state index contributed by atoms with van der Waals surface area (Å²) in [6, 6.07) is 9.82. The lowest BCUT2D eigenvalue weighted by Gasteiger charge is -2.08. The Bertz CT molecular complexity index is 906. The second-order valence-electron chi connectivity index (χ2n) is 5.52. The van der Waals surface area contributed by atoms with Gasteiger partial charge in [-0.1, -0.05) is 5.21 Å². The Morgan fingerprint density at radius 2 is 1.83 bits per heavy atom. The van der Waals surface area contributed by atoms with E-state index >= 15 is 0 Å². The van der Waals surface area contributed by atoms with E-state index in [0.29, 0.717) is 30.0 Å². The molecule has 5 nitrogen and oxygen atoms in total. The van der Waals surface area contributed by atoms with Gasteiger partial charge in [0.05, 0.1) is 18.5 Å². The zero-order valence-corrected chi connectivity index (χ0v) is 12.9. The Hall–Kier alpha value is -2.80. The first-order valence-electron chi connectivity index (χ1n) is 7.45. The van der Waals surface area contributed by atoms with E-state index in [2.05, 4.69) is 15.6 Å². The van der Waals surface area contributed by atoms with Gasteiger partial charge in [-0.2, -0.15) is 0 Å². The quantitative estimate of drug-likeness (QED) is 0.786. The summed E-state index contributed by atoms with van der Waals surface area (Å²) < 4.78 is 33.9. The molecule has 7 heteroatoms. The van der Waals surface area contributed by atoms with Crippen molar-refractivity contribution in [2.24, 2.45) is 0 Å². The smallest absolute Gasteiger partial charge is 0.160 e. The number of nitrogens with zero attached hydrogens (tertiary/aromatic N) is 3. The van der Waals surface area contributed by atoms with Gasteiger partial charge in [-0.3, -0.25) is 0 Å². The molecule has 2 heterocycles. The Labute approximate surface area is 136 Å². The van der Waals surface area contributed by atoms with E-state index in [0.717, 1.165) is 23.1 Å². The standard InChI is InChI=1S/C17H14F2N4O/c1-24-12-4-2-10(3-5-12)17-16-9-20-8-11-6-13(18)14(19)7-15(11)23(16)22-21-17/h2-7,20H,8-9H2,1H3. The average Bonchev–Trinajstić information content (AvgIpc) is 2.94. The SMILES string of the molecule is COc1ccc(-c2nnn3c2CNCc2cc(F)c(F)cc2-3)cc1. The van der Waals surface area contributed by atoms with Crippen LogP contribution < -0.4 is 10.1 Å². The van der Waals surface area contributed by atoms with Crippen LogP contribution >= 0.6 is 0 Å². The van der Waals surface area contributed by atoms with E-state index in [-0.39, 0.29) is 0 Å². The van der Waals surface area contributed by atoms with Crippen LogP contribution in [-0.4, -0.2) is 22.1 Å². The zero-order valence-electron chi connectivity index (χ0n) is 12.9. The van der Waals surface area contributed by atoms with Gasteiger partial charge < -0.3 is 10.1 Å². The van der Waals surface area contributed by atoms with Gasteiger partial charge in [0.25, 0.3) is 0 Å². The topological polar surface area (TPSA) is 52.0 Å². The molecule has 0 atom stereocenters. The minimum atomic E-state index is -0.900. The Balaban J connectivity index is 1.85. The van der Waals surface area contributed by atoms with E-state index in [1.165, 1.54) is 6.07 Å². The molecule has 4 rings (SSSR count). The molecule has 0 amide bonds. The number of nitrogens with one attached hydrogen (secondary N) is 1. The Kier molecular flexibility index (Phi) is 3.50. The molecule has 1 aliphatic rings. The summed E-state index contributed by atoms with van der Waals surface area (Å²) in [7, 11) is 1.60. The third-order valence-corrected chi connectivity index (χ3v) is 4.08. The summed E-state index contributed by atoms with van der Waals surface area (Å²) in [5, 5.41) is 11.6. The molecule has 0 spiro atoms. The van der Waals surface area contributed by atoms with E-state index in [1.54, 1.807) is 11.8 Å². The van der Waals surface area contributed by atoms with Crippen LogP contribution in [0.4, 0.5) is 8.78 Å². The lowest BCUT2D eigenvalue weighted by molar-refractivity contribution is 0.415. The third kappa shape index (κ3) is 2.33. The highest BCUT2D eigenvalue weighted by atomic mass is 19.2. The van der Waals surface area contributed by atoms with Gasteiger partial charge in [-0.15, -0.1) is 5.10 Å². The highest BCUT2D eigenvalue weighted by Crippen LogP contribution is 2.29. The molecule has 0 saturated heterocycles. The van der Waals surface area contributed by atoms with Crippen LogP contribution in [0.3, 0.4) is 0 Å². The van der Waals surface area contributed by atoms with Crippen LogP contribution in [0, 0.1) is 11.6 Å². The fourth-order valence-electron chi connectivity index (χ4n) is 2.86. The molecule has 0 fully saturated rings. The maximum atomic E-state index is 13.7. The highest BCUT2D eigenvalue weighted by Gasteiger charge is 2.22. The van der Waals surface area contributed by atoms with Gasteiger partial charge in [0.15, 0.2) is 11.6 Å². The van der Waals surface area contributed by atoms with Crippen molar-refractivity contribution >= 4 is 0 Å². The van der Waals surface area contributed by atoms with Crippen LogP contribution in [0.25, 0.3) is 16.9 Å². The highest BCUT2D eigenvalue weighted by molar-refractivity contribution is 5.63. The average molecular weight is 328 g/mol. The maximum absolute atomic E-state index is 13.7. The molecule has 1 aliphatic heterocycles. The number of fused-ring (bicyclic) bond motifs is 3. The fourth-order valence-corrected chi connectivity index (χ4v) is 2.86. The first kappa shape index (κ1) is 14.8. The van der Waals surface area contributed by atoms with Crippen molar-refractivity contribution in [1.29, 1.82) is 0 Å². The zero-order chi connectivity index (χ0) is 16.7. The predicted octanol–water partition coefficient (Wildman–Crippen LogP) is 2.82. The molecule has 0 unspecified atom stereocenters. The summed E-state index contributed by atoms with van der Waals surface area (Å²) >= 11 is 0. The van der Waals surface area contributed by atoms with Crippen LogP contribution in [0.2, 0.25) is 0 Å². The molecule has 1 N–H and O–H groups in total. The summed E-state index contributed by atoms with van der Waals surface area (Å²) in [4.78, 5) is 0. The summed E-state index contributed by atoms with van der Waals surface area (Å²) in [5.41, 5.74) is 3.51. The second kappa shape index (κ2) is 5.68. The van der Waals surface area contributed by atoms with Gasteiger partial charge in [-0.25, -0.2) is 13.5 Å². The molecule has 1 aromatic heterocycles. The second-order valence-corrected chi connectivity index (χ2v) is 5.52. The number of ether oxygens (including phenoxy) is 1. The Morgan fingerprint density at radius 3 is 2.58 bits per heavy atom. The minimum absolute atomic E-state index is 0.429. The predicted molar refractivity (Wildman–Crippen MR) is 83.8 cm³/mol. The number of aromatic nitrogens is 3. The lowest BCUT2D eigenvalue weighted by Crippen LogP contribution is -2.11. The van der Waals surface area contributed by atoms with E-state index in [4.69, 9.17) is 4.74 Å². The fraction of sp³-hybridized carbons (Fsp3) is 0.176. The largest absolute Gasteiger partial charge is 0.497 e. The molecule has 122 valence electrons. The number of methoxy groups -OCH3 is 1. The van der Waals surface area contributed by atoms with Gasteiger partial charge in [0.1, 0.15) is 11.4 Å². The molecule has 2 aromatic carbocycles. The first-order chi connectivity index (χ1) is 11.7. The molecular weight excluding hydrogens is 314 g/mol. The molecule has 0 aliphatic carbocycles. The summed E-state index contributed by atoms with van der Waals surface area (Å²) in [5.74, 6) is -1.02. The van der Waals surface area contributed by atoms with Crippen molar-refractivity contribution < 1.29 is 13.5 Å². The molecule has 0 radical (unpaired) electrons. The van der Waals surface area contributed by atoms with E-state index in [9.17, 15) is 8.78 Å². The monoisotopic (exact) mass is 328 g/mol. The number of rotatable bonds is 2. The van der Waals surface area contributed by atoms with Crippen molar-refractivity contribution in [3.8, 4) is 22.7 Å². The number of hydrogen-bond acceptors (Lipinski definition) is 4. The van der Waals surface area contributed by atoms with Gasteiger partial charge in [0, 0.05) is 24.7 Å². The van der Waals surface area contributed by atoms with Crippen LogP contribution in [0.15, 0.2) is 36.4 Å². The first-order valence-corrected chi connectivity index (χ1v) is 7.45. The molecule has 0 bridgehead atoms. The van der Waals surface area contributed by atoms with E-state index < -0.39 is 11.6 Å². The van der Waals surface area contributed by atoms with Crippen LogP contribution in [0.1, 0.15) is 11.3 Å². The van der Waals surface area contributed by atoms with Crippen LogP contribution in [-0.2, 0) is 13.1 Å². The van der Waals surface area contributed by atoms with Gasteiger partial charge in [0.2, 0.25) is 0 Å². The van der Waals surface area contributed by atoms with Gasteiger partial charge in [-0.05, 0) is 35.9 Å². The summed E-state index contributed by atoms with van der Waals surface area (Å²) in [6.07, 6.45) is 0. The number of hydrogen-bond donors (Lipinski definition) is 1. The van der Waals surface area contributed by atoms with Crippen molar-refractivity contribution in [3.05, 3.63) is 59.3 Å². The van der Waals surface area contributed by atoms with Crippen molar-refractivity contribution in [1.82, 2.24) is 20.3 Å². The van der Waals surface area contributed by atoms with Crippen molar-refractivity contribution in [2.45, 2.75) is 13.1 Å². The normalized spacial score (nSPS) is 13.1. The van der Waals surface area contributed by atoms with Crippen molar-refractivity contribution in [2.75, 3.05) is 7.11 Å². The minimum Gasteiger partial charge on any atom is -0.497 e. The summed E-state index contributed by atoms with van der Waals surface area (Å²) in [6.45, 7) is 0.921. The van der Waals surface area contributed by atoms with Crippen molar-refractivity contribution in [3.63, 3.8) is 0 Å². The molecular formula is C17H14F2N4O. The maximum Gasteiger partial charge on any atom is 0.160 e. The molecule has 0 saturated carbocycles. The third-order valence-electron chi connectivity index (χ3n) is 4.08. The lowest BCUT2D eigenvalue weighted by atomic mass is 10.1. The van der Waals surface area contributed by atoms with E-state index in [1.807, 2.05) is 24.3 Å². The number of halogens is 2. The molecule has 24 heavy (non-hydrogen) atoms. The van der Waals surface area contributed by atoms with Gasteiger partial charge >= 0.3 is 0 Å². The Morgan fingerprint density at radius 1 is 1.08 bits per heavy atom.